The van der Waals surface area contributed by atoms with E-state index in [1.165, 1.54) is 31.6 Å². The number of sulfonamides is 1. The molecule has 0 unspecified atom stereocenters. The average molecular weight is 355 g/mol. The fourth-order valence-corrected chi connectivity index (χ4v) is 4.16. The molecule has 0 atom stereocenters. The Morgan fingerprint density at radius 2 is 2.09 bits per heavy atom. The molecule has 23 heavy (non-hydrogen) atoms. The van der Waals surface area contributed by atoms with Crippen LogP contribution < -0.4 is 14.8 Å². The third kappa shape index (κ3) is 4.93. The molecular formula is C14H17N3O4S2. The van der Waals surface area contributed by atoms with Crippen molar-refractivity contribution >= 4 is 33.0 Å². The van der Waals surface area contributed by atoms with Crippen LogP contribution in [0.15, 0.2) is 34.7 Å². The molecule has 0 aliphatic rings. The molecule has 2 heterocycles. The Morgan fingerprint density at radius 1 is 1.30 bits per heavy atom. The predicted octanol–water partition coefficient (Wildman–Crippen LogP) is 1.63. The fraction of sp³-hybridized carbons (Fsp3) is 0.286. The average Bonchev–Trinajstić information content (AvgIpc) is 2.97. The number of methoxy groups -OCH3 is 1. The number of pyridine rings is 1. The molecular weight excluding hydrogens is 338 g/mol. The van der Waals surface area contributed by atoms with Gasteiger partial charge in [0, 0.05) is 24.4 Å². The Kier molecular flexibility index (Phi) is 5.56. The molecule has 0 radical (unpaired) electrons. The van der Waals surface area contributed by atoms with Gasteiger partial charge in [0.25, 0.3) is 10.0 Å². The lowest BCUT2D eigenvalue weighted by Crippen LogP contribution is -2.22. The first kappa shape index (κ1) is 17.2. The van der Waals surface area contributed by atoms with Crippen LogP contribution in [0, 0.1) is 0 Å². The highest BCUT2D eigenvalue weighted by Crippen LogP contribution is 2.24. The Morgan fingerprint density at radius 3 is 2.70 bits per heavy atom. The summed E-state index contributed by atoms with van der Waals surface area (Å²) in [6, 6.07) is 6.44. The molecule has 1 amide bonds. The monoisotopic (exact) mass is 355 g/mol. The topological polar surface area (TPSA) is 97.4 Å². The maximum atomic E-state index is 12.3. The number of hydrogen-bond donors (Lipinski definition) is 2. The highest BCUT2D eigenvalue weighted by molar-refractivity contribution is 7.94. The molecule has 7 nitrogen and oxygen atoms in total. The van der Waals surface area contributed by atoms with Gasteiger partial charge in [0.2, 0.25) is 11.8 Å². The zero-order valence-corrected chi connectivity index (χ0v) is 14.3. The second-order valence-corrected chi connectivity index (χ2v) is 7.73. The second kappa shape index (κ2) is 7.42. The third-order valence-corrected chi connectivity index (χ3v) is 5.86. The first-order chi connectivity index (χ1) is 10.9. The molecule has 2 aromatic heterocycles. The predicted molar refractivity (Wildman–Crippen MR) is 88.3 cm³/mol. The van der Waals surface area contributed by atoms with Crippen molar-refractivity contribution in [3.8, 4) is 5.88 Å². The number of anilines is 1. The van der Waals surface area contributed by atoms with E-state index in [1.54, 1.807) is 24.3 Å². The highest BCUT2D eigenvalue weighted by atomic mass is 32.2. The lowest BCUT2D eigenvalue weighted by Gasteiger charge is -2.06. The van der Waals surface area contributed by atoms with Crippen LogP contribution in [0.25, 0.3) is 0 Å². The number of carbonyl (C=O) groups excluding carboxylic acids is 1. The van der Waals surface area contributed by atoms with Gasteiger partial charge < -0.3 is 10.1 Å². The van der Waals surface area contributed by atoms with Gasteiger partial charge in [-0.3, -0.25) is 9.52 Å². The summed E-state index contributed by atoms with van der Waals surface area (Å²) in [6.45, 7) is 1.92. The smallest absolute Gasteiger partial charge is 0.271 e. The number of nitrogens with one attached hydrogen (secondary N) is 2. The number of ether oxygens (including phenoxy) is 1. The first-order valence-electron chi connectivity index (χ1n) is 6.77. The third-order valence-electron chi connectivity index (χ3n) is 2.84. The number of thiophene rings is 1. The minimum atomic E-state index is -3.65. The van der Waals surface area contributed by atoms with Crippen molar-refractivity contribution in [1.29, 1.82) is 0 Å². The summed E-state index contributed by atoms with van der Waals surface area (Å²) in [6.07, 6.45) is 1.98. The Labute approximate surface area is 138 Å². The van der Waals surface area contributed by atoms with E-state index in [1.807, 2.05) is 0 Å². The van der Waals surface area contributed by atoms with E-state index in [2.05, 4.69) is 15.0 Å². The SMILES string of the molecule is COc1ccc(NS(=O)(=O)c2ccc(CCNC(C)=O)s2)cn1. The summed E-state index contributed by atoms with van der Waals surface area (Å²) in [4.78, 5) is 15.7. The molecule has 0 aromatic carbocycles. The van der Waals surface area contributed by atoms with Gasteiger partial charge in [-0.2, -0.15) is 0 Å². The van der Waals surface area contributed by atoms with Gasteiger partial charge in [-0.1, -0.05) is 0 Å². The molecule has 124 valence electrons. The van der Waals surface area contributed by atoms with Crippen LogP contribution in [-0.2, 0) is 21.2 Å². The molecule has 0 fully saturated rings. The van der Waals surface area contributed by atoms with Crippen LogP contribution in [0.3, 0.4) is 0 Å². The Bertz CT molecular complexity index is 770. The number of nitrogens with zero attached hydrogens (tertiary/aromatic N) is 1. The van der Waals surface area contributed by atoms with E-state index < -0.39 is 10.0 Å². The summed E-state index contributed by atoms with van der Waals surface area (Å²) < 4.78 is 32.3. The molecule has 0 saturated heterocycles. The van der Waals surface area contributed by atoms with E-state index in [-0.39, 0.29) is 10.1 Å². The van der Waals surface area contributed by atoms with Crippen LogP contribution in [0.4, 0.5) is 5.69 Å². The molecule has 2 N–H and O–H groups in total. The minimum absolute atomic E-state index is 0.108. The van der Waals surface area contributed by atoms with E-state index in [0.29, 0.717) is 24.5 Å². The molecule has 0 bridgehead atoms. The van der Waals surface area contributed by atoms with E-state index in [4.69, 9.17) is 4.74 Å². The molecule has 0 aliphatic carbocycles. The number of amides is 1. The van der Waals surface area contributed by atoms with Crippen molar-refractivity contribution in [3.63, 3.8) is 0 Å². The first-order valence-corrected chi connectivity index (χ1v) is 9.06. The Hall–Kier alpha value is -2.13. The summed E-state index contributed by atoms with van der Waals surface area (Å²) >= 11 is 1.17. The van der Waals surface area contributed by atoms with E-state index in [0.717, 1.165) is 4.88 Å². The summed E-state index contributed by atoms with van der Waals surface area (Å²) in [5, 5.41) is 2.68. The van der Waals surface area contributed by atoms with Gasteiger partial charge in [-0.25, -0.2) is 13.4 Å². The number of hydrogen-bond acceptors (Lipinski definition) is 6. The van der Waals surface area contributed by atoms with E-state index in [9.17, 15) is 13.2 Å². The van der Waals surface area contributed by atoms with Gasteiger partial charge in [0.15, 0.2) is 0 Å². The van der Waals surface area contributed by atoms with Crippen LogP contribution in [0.2, 0.25) is 0 Å². The fourth-order valence-electron chi connectivity index (χ4n) is 1.77. The minimum Gasteiger partial charge on any atom is -0.481 e. The zero-order valence-electron chi connectivity index (χ0n) is 12.7. The van der Waals surface area contributed by atoms with Crippen LogP contribution >= 0.6 is 11.3 Å². The van der Waals surface area contributed by atoms with Gasteiger partial charge in [-0.05, 0) is 24.6 Å². The van der Waals surface area contributed by atoms with Crippen molar-refractivity contribution in [1.82, 2.24) is 10.3 Å². The van der Waals surface area contributed by atoms with E-state index >= 15 is 0 Å². The second-order valence-electron chi connectivity index (χ2n) is 4.65. The maximum absolute atomic E-state index is 12.3. The number of aromatic nitrogens is 1. The van der Waals surface area contributed by atoms with Gasteiger partial charge >= 0.3 is 0 Å². The van der Waals surface area contributed by atoms with Crippen molar-refractivity contribution < 1.29 is 17.9 Å². The van der Waals surface area contributed by atoms with Crippen molar-refractivity contribution in [2.45, 2.75) is 17.6 Å². The Balaban J connectivity index is 2.04. The molecule has 0 aliphatic heterocycles. The molecule has 0 saturated carbocycles. The van der Waals surface area contributed by atoms with Gasteiger partial charge in [0.1, 0.15) is 4.21 Å². The normalized spacial score (nSPS) is 11.0. The van der Waals surface area contributed by atoms with Gasteiger partial charge in [-0.15, -0.1) is 11.3 Å². The summed E-state index contributed by atoms with van der Waals surface area (Å²) in [7, 11) is -2.17. The maximum Gasteiger partial charge on any atom is 0.271 e. The summed E-state index contributed by atoms with van der Waals surface area (Å²) in [5.41, 5.74) is 0.360. The van der Waals surface area contributed by atoms with Crippen molar-refractivity contribution in [3.05, 3.63) is 35.3 Å². The highest BCUT2D eigenvalue weighted by Gasteiger charge is 2.17. The summed E-state index contributed by atoms with van der Waals surface area (Å²) in [5.74, 6) is 0.299. The molecule has 0 spiro atoms. The quantitative estimate of drug-likeness (QED) is 0.787. The van der Waals surface area contributed by atoms with Crippen LogP contribution in [-0.4, -0.2) is 33.0 Å². The lowest BCUT2D eigenvalue weighted by atomic mass is 10.3. The zero-order chi connectivity index (χ0) is 16.9. The van der Waals surface area contributed by atoms with Crippen molar-refractivity contribution in [2.75, 3.05) is 18.4 Å². The number of carbonyl (C=O) groups is 1. The molecule has 9 heteroatoms. The molecule has 2 rings (SSSR count). The van der Waals surface area contributed by atoms with Crippen molar-refractivity contribution in [2.24, 2.45) is 0 Å². The lowest BCUT2D eigenvalue weighted by molar-refractivity contribution is -0.118. The number of rotatable bonds is 7. The molecule has 2 aromatic rings. The largest absolute Gasteiger partial charge is 0.481 e. The standard InChI is InChI=1S/C14H17N3O4S2/c1-10(18)15-8-7-12-4-6-14(22-12)23(19,20)17-11-3-5-13(21-2)16-9-11/h3-6,9,17H,7-8H2,1-2H3,(H,15,18). The van der Waals surface area contributed by atoms with Crippen LogP contribution in [0.1, 0.15) is 11.8 Å². The van der Waals surface area contributed by atoms with Gasteiger partial charge in [0.05, 0.1) is 19.0 Å². The van der Waals surface area contributed by atoms with Crippen LogP contribution in [0.5, 0.6) is 5.88 Å².